The summed E-state index contributed by atoms with van der Waals surface area (Å²) in [7, 11) is 0. The summed E-state index contributed by atoms with van der Waals surface area (Å²) in [6.45, 7) is 0. The number of halogens is 1. The summed E-state index contributed by atoms with van der Waals surface area (Å²) in [5.41, 5.74) is 1.87. The number of carboxylic acid groups (broad SMARTS) is 1. The van der Waals surface area contributed by atoms with Crippen molar-refractivity contribution in [3.05, 3.63) is 47.2 Å². The minimum Gasteiger partial charge on any atom is -0.477 e. The molecule has 114 valence electrons. The number of carboxylic acids is 1. The highest BCUT2D eigenvalue weighted by Crippen LogP contribution is 2.41. The third-order valence-corrected chi connectivity index (χ3v) is 5.81. The molecule has 0 aromatic heterocycles. The number of carbonyl (C=O) groups is 2. The Bertz CT molecular complexity index is 675. The molecule has 1 amide bonds. The SMILES string of the molecule is O=C(O)C1=C(CI)CS[C@H]2C(N=Cc3ccccc3)C(=O)N12. The molecule has 1 N–H and O–H groups in total. The minimum absolute atomic E-state index is 0.148. The number of alkyl halides is 1. The van der Waals surface area contributed by atoms with Crippen molar-refractivity contribution in [2.24, 2.45) is 4.99 Å². The Morgan fingerprint density at radius 2 is 2.18 bits per heavy atom. The molecule has 2 aliphatic heterocycles. The summed E-state index contributed by atoms with van der Waals surface area (Å²) >= 11 is 3.71. The largest absolute Gasteiger partial charge is 0.477 e. The molecule has 22 heavy (non-hydrogen) atoms. The van der Waals surface area contributed by atoms with Gasteiger partial charge in [-0.15, -0.1) is 11.8 Å². The lowest BCUT2D eigenvalue weighted by Crippen LogP contribution is -2.64. The smallest absolute Gasteiger partial charge is 0.352 e. The van der Waals surface area contributed by atoms with Crippen molar-refractivity contribution >= 4 is 52.4 Å². The van der Waals surface area contributed by atoms with E-state index in [9.17, 15) is 14.7 Å². The van der Waals surface area contributed by atoms with E-state index in [2.05, 4.69) is 27.6 Å². The molecule has 0 aliphatic carbocycles. The summed E-state index contributed by atoms with van der Waals surface area (Å²) in [4.78, 5) is 29.5. The number of carbonyl (C=O) groups excluding carboxylic acids is 1. The molecule has 1 aromatic rings. The van der Waals surface area contributed by atoms with Crippen LogP contribution < -0.4 is 0 Å². The average Bonchev–Trinajstić information content (AvgIpc) is 2.54. The molecule has 2 atom stereocenters. The summed E-state index contributed by atoms with van der Waals surface area (Å²) < 4.78 is 0.612. The van der Waals surface area contributed by atoms with E-state index in [1.807, 2.05) is 30.3 Å². The molecular formula is C15H13IN2O3S. The summed E-state index contributed by atoms with van der Waals surface area (Å²) in [5, 5.41) is 9.17. The number of rotatable bonds is 4. The first-order valence-corrected chi connectivity index (χ1v) is 9.25. The van der Waals surface area contributed by atoms with Gasteiger partial charge in [-0.1, -0.05) is 52.9 Å². The fourth-order valence-corrected chi connectivity index (χ4v) is 4.81. The molecule has 0 spiro atoms. The zero-order valence-corrected chi connectivity index (χ0v) is 14.5. The number of benzene rings is 1. The molecule has 7 heteroatoms. The van der Waals surface area contributed by atoms with Crippen molar-refractivity contribution in [2.75, 3.05) is 10.2 Å². The Balaban J connectivity index is 1.81. The normalized spacial score (nSPS) is 24.4. The molecule has 0 radical (unpaired) electrons. The van der Waals surface area contributed by atoms with Crippen LogP contribution in [0, 0.1) is 0 Å². The quantitative estimate of drug-likeness (QED) is 0.346. The van der Waals surface area contributed by atoms with E-state index in [0.717, 1.165) is 11.1 Å². The second-order valence-corrected chi connectivity index (χ2v) is 6.80. The van der Waals surface area contributed by atoms with Crippen LogP contribution in [0.4, 0.5) is 0 Å². The number of hydrogen-bond acceptors (Lipinski definition) is 4. The van der Waals surface area contributed by atoms with Crippen LogP contribution in [-0.2, 0) is 9.59 Å². The van der Waals surface area contributed by atoms with Gasteiger partial charge in [0.2, 0.25) is 0 Å². The summed E-state index contributed by atoms with van der Waals surface area (Å²) in [6, 6.07) is 9.06. The second-order valence-electron chi connectivity index (χ2n) is 4.93. The van der Waals surface area contributed by atoms with Crippen LogP contribution in [0.5, 0.6) is 0 Å². The van der Waals surface area contributed by atoms with Crippen molar-refractivity contribution in [3.8, 4) is 0 Å². The molecule has 1 aromatic carbocycles. The fraction of sp³-hybridized carbons (Fsp3) is 0.267. The highest BCUT2D eigenvalue weighted by atomic mass is 127. The van der Waals surface area contributed by atoms with Crippen molar-refractivity contribution in [2.45, 2.75) is 11.4 Å². The van der Waals surface area contributed by atoms with E-state index in [4.69, 9.17) is 0 Å². The number of hydrogen-bond donors (Lipinski definition) is 1. The van der Waals surface area contributed by atoms with Gasteiger partial charge in [0.05, 0.1) is 0 Å². The van der Waals surface area contributed by atoms with Gasteiger partial charge < -0.3 is 5.11 Å². The van der Waals surface area contributed by atoms with E-state index in [0.29, 0.717) is 10.2 Å². The van der Waals surface area contributed by atoms with E-state index in [1.54, 1.807) is 18.0 Å². The third-order valence-electron chi connectivity index (χ3n) is 3.57. The fourth-order valence-electron chi connectivity index (χ4n) is 2.48. The molecule has 5 nitrogen and oxygen atoms in total. The van der Waals surface area contributed by atoms with Crippen LogP contribution in [0.15, 0.2) is 46.6 Å². The number of nitrogens with zero attached hydrogens (tertiary/aromatic N) is 2. The van der Waals surface area contributed by atoms with Crippen molar-refractivity contribution < 1.29 is 14.7 Å². The standard InChI is InChI=1S/C15H13IN2O3S/c16-6-10-8-22-14-11(13(19)18(14)12(10)15(20)21)17-7-9-4-2-1-3-5-9/h1-5,7,11,14H,6,8H2,(H,20,21)/t11?,14-/m0/s1. The monoisotopic (exact) mass is 428 g/mol. The Kier molecular flexibility index (Phi) is 4.53. The highest BCUT2D eigenvalue weighted by Gasteiger charge is 2.53. The number of thioether (sulfide) groups is 1. The van der Waals surface area contributed by atoms with Crippen LogP contribution in [-0.4, -0.2) is 49.7 Å². The second kappa shape index (κ2) is 6.41. The van der Waals surface area contributed by atoms with Gasteiger partial charge in [0.25, 0.3) is 5.91 Å². The molecule has 2 aliphatic rings. The summed E-state index contributed by atoms with van der Waals surface area (Å²) in [6.07, 6.45) is 1.68. The molecule has 0 saturated carbocycles. The highest BCUT2D eigenvalue weighted by molar-refractivity contribution is 14.1. The lowest BCUT2D eigenvalue weighted by Gasteiger charge is -2.47. The van der Waals surface area contributed by atoms with Gasteiger partial charge in [0.15, 0.2) is 6.04 Å². The van der Waals surface area contributed by atoms with Crippen LogP contribution >= 0.6 is 34.4 Å². The number of aliphatic carboxylic acids is 1. The molecule has 3 rings (SSSR count). The molecular weight excluding hydrogens is 415 g/mol. The lowest BCUT2D eigenvalue weighted by molar-refractivity contribution is -0.147. The van der Waals surface area contributed by atoms with Crippen LogP contribution in [0.25, 0.3) is 0 Å². The zero-order valence-electron chi connectivity index (χ0n) is 11.5. The zero-order chi connectivity index (χ0) is 15.7. The van der Waals surface area contributed by atoms with E-state index >= 15 is 0 Å². The molecule has 0 bridgehead atoms. The molecule has 1 unspecified atom stereocenters. The maximum Gasteiger partial charge on any atom is 0.352 e. The molecule has 1 saturated heterocycles. The summed E-state index contributed by atoms with van der Waals surface area (Å²) in [5.74, 6) is -0.629. The van der Waals surface area contributed by atoms with Gasteiger partial charge in [-0.2, -0.15) is 0 Å². The van der Waals surface area contributed by atoms with Gasteiger partial charge in [0, 0.05) is 16.4 Å². The Labute approximate surface area is 145 Å². The van der Waals surface area contributed by atoms with Gasteiger partial charge in [-0.25, -0.2) is 4.79 Å². The van der Waals surface area contributed by atoms with Crippen LogP contribution in [0.2, 0.25) is 0 Å². The van der Waals surface area contributed by atoms with E-state index < -0.39 is 12.0 Å². The van der Waals surface area contributed by atoms with Crippen molar-refractivity contribution in [3.63, 3.8) is 0 Å². The molecule has 1 fully saturated rings. The molecule has 2 heterocycles. The first kappa shape index (κ1) is 15.5. The third kappa shape index (κ3) is 2.67. The maximum absolute atomic E-state index is 12.3. The van der Waals surface area contributed by atoms with Gasteiger partial charge >= 0.3 is 5.97 Å². The van der Waals surface area contributed by atoms with Crippen LogP contribution in [0.3, 0.4) is 0 Å². The minimum atomic E-state index is -1.03. The first-order chi connectivity index (χ1) is 10.6. The maximum atomic E-state index is 12.3. The van der Waals surface area contributed by atoms with Gasteiger partial charge in [-0.3, -0.25) is 14.7 Å². The average molecular weight is 428 g/mol. The number of fused-ring (bicyclic) bond motifs is 1. The predicted octanol–water partition coefficient (Wildman–Crippen LogP) is 2.16. The van der Waals surface area contributed by atoms with E-state index in [-0.39, 0.29) is 17.0 Å². The Morgan fingerprint density at radius 3 is 2.82 bits per heavy atom. The lowest BCUT2D eigenvalue weighted by atomic mass is 10.0. The van der Waals surface area contributed by atoms with E-state index in [1.165, 1.54) is 4.90 Å². The number of amides is 1. The number of β-lactam (4-membered cyclic amide) rings is 1. The van der Waals surface area contributed by atoms with Gasteiger partial charge in [-0.05, 0) is 11.1 Å². The first-order valence-electron chi connectivity index (χ1n) is 6.67. The topological polar surface area (TPSA) is 70.0 Å². The Morgan fingerprint density at radius 1 is 1.45 bits per heavy atom. The van der Waals surface area contributed by atoms with Crippen molar-refractivity contribution in [1.29, 1.82) is 0 Å². The number of aliphatic imine (C=N–C) groups is 1. The van der Waals surface area contributed by atoms with Gasteiger partial charge in [0.1, 0.15) is 11.1 Å². The van der Waals surface area contributed by atoms with Crippen LogP contribution in [0.1, 0.15) is 5.56 Å². The van der Waals surface area contributed by atoms with Crippen molar-refractivity contribution in [1.82, 2.24) is 4.90 Å². The Hall–Kier alpha value is -1.35. The predicted molar refractivity (Wildman–Crippen MR) is 94.5 cm³/mol.